The summed E-state index contributed by atoms with van der Waals surface area (Å²) in [5.74, 6) is 0.827. The summed E-state index contributed by atoms with van der Waals surface area (Å²) in [4.78, 5) is 0. The number of nitrogens with one attached hydrogen (secondary N) is 1. The molecule has 1 nitrogen and oxygen atoms in total. The van der Waals surface area contributed by atoms with E-state index in [2.05, 4.69) is 43.0 Å². The van der Waals surface area contributed by atoms with Crippen LogP contribution in [-0.4, -0.2) is 7.05 Å². The second kappa shape index (κ2) is 4.89. The molecule has 1 aliphatic carbocycles. The van der Waals surface area contributed by atoms with Crippen LogP contribution in [0, 0.1) is 11.3 Å². The average Bonchev–Trinajstić information content (AvgIpc) is 2.75. The lowest BCUT2D eigenvalue weighted by atomic mass is 9.70. The van der Waals surface area contributed by atoms with Crippen molar-refractivity contribution < 1.29 is 0 Å². The molecule has 2 heteroatoms. The van der Waals surface area contributed by atoms with Crippen LogP contribution in [0.3, 0.4) is 0 Å². The largest absolute Gasteiger partial charge is 0.313 e. The minimum absolute atomic E-state index is 0.572. The Labute approximate surface area is 103 Å². The quantitative estimate of drug-likeness (QED) is 0.829. The molecule has 0 amide bonds. The summed E-state index contributed by atoms with van der Waals surface area (Å²) in [6.07, 6.45) is 5.49. The minimum Gasteiger partial charge on any atom is -0.313 e. The maximum absolute atomic E-state index is 3.51. The molecule has 0 bridgehead atoms. The molecule has 1 saturated carbocycles. The van der Waals surface area contributed by atoms with Crippen LogP contribution >= 0.6 is 11.3 Å². The summed E-state index contributed by atoms with van der Waals surface area (Å²) in [6, 6.07) is 2.84. The Kier molecular flexibility index (Phi) is 3.70. The van der Waals surface area contributed by atoms with E-state index >= 15 is 0 Å². The third-order valence-corrected chi connectivity index (χ3v) is 4.77. The number of hydrogen-bond acceptors (Lipinski definition) is 2. The van der Waals surface area contributed by atoms with Crippen LogP contribution in [0.2, 0.25) is 0 Å². The van der Waals surface area contributed by atoms with Crippen LogP contribution in [0.4, 0.5) is 0 Å². The molecule has 0 spiro atoms. The molecule has 16 heavy (non-hydrogen) atoms. The molecule has 1 aromatic heterocycles. The minimum atomic E-state index is 0.572. The fourth-order valence-electron chi connectivity index (χ4n) is 2.88. The molecule has 1 aliphatic rings. The Morgan fingerprint density at radius 3 is 2.56 bits per heavy atom. The zero-order valence-electron chi connectivity index (χ0n) is 10.6. The summed E-state index contributed by atoms with van der Waals surface area (Å²) in [5, 5.41) is 7.99. The first-order chi connectivity index (χ1) is 7.62. The summed E-state index contributed by atoms with van der Waals surface area (Å²) in [5.41, 5.74) is 2.06. The van der Waals surface area contributed by atoms with Gasteiger partial charge in [0.2, 0.25) is 0 Å². The van der Waals surface area contributed by atoms with E-state index in [9.17, 15) is 0 Å². The molecule has 0 radical (unpaired) electrons. The van der Waals surface area contributed by atoms with Crippen molar-refractivity contribution in [2.75, 3.05) is 7.05 Å². The van der Waals surface area contributed by atoms with Crippen molar-refractivity contribution in [3.63, 3.8) is 0 Å². The van der Waals surface area contributed by atoms with Crippen LogP contribution in [-0.2, 0) is 0 Å². The topological polar surface area (TPSA) is 12.0 Å². The van der Waals surface area contributed by atoms with Crippen molar-refractivity contribution in [1.29, 1.82) is 0 Å². The predicted molar refractivity (Wildman–Crippen MR) is 71.9 cm³/mol. The molecule has 2 rings (SSSR count). The molecular weight excluding hydrogens is 214 g/mol. The smallest absolute Gasteiger partial charge is 0.0354 e. The molecule has 1 heterocycles. The first-order valence-electron chi connectivity index (χ1n) is 6.32. The highest BCUT2D eigenvalue weighted by atomic mass is 32.1. The normalized spacial score (nSPS) is 23.2. The van der Waals surface area contributed by atoms with Gasteiger partial charge in [0.1, 0.15) is 0 Å². The van der Waals surface area contributed by atoms with Crippen LogP contribution in [0.1, 0.15) is 51.1 Å². The molecule has 1 N–H and O–H groups in total. The molecule has 0 aliphatic heterocycles. The van der Waals surface area contributed by atoms with Gasteiger partial charge in [-0.2, -0.15) is 11.3 Å². The second-order valence-corrected chi connectivity index (χ2v) is 6.60. The lowest BCUT2D eigenvalue weighted by molar-refractivity contribution is 0.164. The van der Waals surface area contributed by atoms with E-state index in [4.69, 9.17) is 0 Å². The summed E-state index contributed by atoms with van der Waals surface area (Å²) >= 11 is 1.81. The zero-order valence-corrected chi connectivity index (χ0v) is 11.4. The van der Waals surface area contributed by atoms with E-state index in [1.807, 2.05) is 11.3 Å². The van der Waals surface area contributed by atoms with Gasteiger partial charge < -0.3 is 5.32 Å². The third-order valence-electron chi connectivity index (χ3n) is 4.07. The monoisotopic (exact) mass is 237 g/mol. The van der Waals surface area contributed by atoms with Crippen LogP contribution in [0.15, 0.2) is 16.8 Å². The molecule has 0 saturated heterocycles. The van der Waals surface area contributed by atoms with E-state index in [0.29, 0.717) is 11.5 Å². The van der Waals surface area contributed by atoms with E-state index in [1.165, 1.54) is 31.2 Å². The van der Waals surface area contributed by atoms with Crippen molar-refractivity contribution in [1.82, 2.24) is 5.32 Å². The zero-order chi connectivity index (χ0) is 11.6. The maximum atomic E-state index is 3.51. The SMILES string of the molecule is CNC(c1ccsc1)C1CCC(C)(C)CC1. The van der Waals surface area contributed by atoms with E-state index in [-0.39, 0.29) is 0 Å². The highest BCUT2D eigenvalue weighted by Gasteiger charge is 2.31. The van der Waals surface area contributed by atoms with Crippen LogP contribution in [0.25, 0.3) is 0 Å². The van der Waals surface area contributed by atoms with Crippen molar-refractivity contribution in [2.45, 2.75) is 45.6 Å². The lowest BCUT2D eigenvalue weighted by Gasteiger charge is -2.37. The first-order valence-corrected chi connectivity index (χ1v) is 7.26. The van der Waals surface area contributed by atoms with Crippen molar-refractivity contribution in [2.24, 2.45) is 11.3 Å². The Bertz CT molecular complexity index is 305. The highest BCUT2D eigenvalue weighted by molar-refractivity contribution is 7.07. The third kappa shape index (κ3) is 2.67. The van der Waals surface area contributed by atoms with Crippen LogP contribution in [0.5, 0.6) is 0 Å². The number of thiophene rings is 1. The Hall–Kier alpha value is -0.340. The maximum Gasteiger partial charge on any atom is 0.0354 e. The van der Waals surface area contributed by atoms with Gasteiger partial charge in [-0.1, -0.05) is 13.8 Å². The van der Waals surface area contributed by atoms with E-state index in [0.717, 1.165) is 5.92 Å². The van der Waals surface area contributed by atoms with Crippen molar-refractivity contribution >= 4 is 11.3 Å². The van der Waals surface area contributed by atoms with Gasteiger partial charge in [-0.25, -0.2) is 0 Å². The van der Waals surface area contributed by atoms with Crippen molar-refractivity contribution in [3.8, 4) is 0 Å². The number of rotatable bonds is 3. The average molecular weight is 237 g/mol. The summed E-state index contributed by atoms with van der Waals surface area (Å²) in [6.45, 7) is 4.81. The molecule has 0 aromatic carbocycles. The van der Waals surface area contributed by atoms with Crippen LogP contribution < -0.4 is 5.32 Å². The Morgan fingerprint density at radius 2 is 2.06 bits per heavy atom. The molecule has 1 atom stereocenters. The summed E-state index contributed by atoms with van der Waals surface area (Å²) in [7, 11) is 2.10. The second-order valence-electron chi connectivity index (χ2n) is 5.82. The molecule has 1 fully saturated rings. The predicted octanol–water partition coefficient (Wildman–Crippen LogP) is 4.23. The number of hydrogen-bond donors (Lipinski definition) is 1. The molecule has 90 valence electrons. The fraction of sp³-hybridized carbons (Fsp3) is 0.714. The Morgan fingerprint density at radius 1 is 1.38 bits per heavy atom. The van der Waals surface area contributed by atoms with Gasteiger partial charge in [0.05, 0.1) is 0 Å². The molecule has 1 aromatic rings. The van der Waals surface area contributed by atoms with Gasteiger partial charge in [-0.3, -0.25) is 0 Å². The van der Waals surface area contributed by atoms with Gasteiger partial charge in [-0.05, 0) is 66.5 Å². The lowest BCUT2D eigenvalue weighted by Crippen LogP contribution is -2.30. The van der Waals surface area contributed by atoms with Gasteiger partial charge in [-0.15, -0.1) is 0 Å². The highest BCUT2D eigenvalue weighted by Crippen LogP contribution is 2.42. The van der Waals surface area contributed by atoms with E-state index in [1.54, 1.807) is 0 Å². The summed E-state index contributed by atoms with van der Waals surface area (Å²) < 4.78 is 0. The van der Waals surface area contributed by atoms with Crippen molar-refractivity contribution in [3.05, 3.63) is 22.4 Å². The standard InChI is InChI=1S/C14H23NS/c1-14(2)7-4-11(5-8-14)13(15-3)12-6-9-16-10-12/h6,9-11,13,15H,4-5,7-8H2,1-3H3. The van der Waals surface area contributed by atoms with Gasteiger partial charge >= 0.3 is 0 Å². The Balaban J connectivity index is 2.02. The van der Waals surface area contributed by atoms with E-state index < -0.39 is 0 Å². The fourth-order valence-corrected chi connectivity index (χ4v) is 3.58. The van der Waals surface area contributed by atoms with Gasteiger partial charge in [0, 0.05) is 6.04 Å². The van der Waals surface area contributed by atoms with Gasteiger partial charge in [0.15, 0.2) is 0 Å². The first kappa shape index (κ1) is 12.1. The molecule has 1 unspecified atom stereocenters. The van der Waals surface area contributed by atoms with Gasteiger partial charge in [0.25, 0.3) is 0 Å². The molecular formula is C14H23NS.